The molecule has 1 heterocycles. The molecule has 1 aliphatic rings. The van der Waals surface area contributed by atoms with Gasteiger partial charge in [0.2, 0.25) is 12.8 Å². The molecule has 0 fully saturated rings. The van der Waals surface area contributed by atoms with Gasteiger partial charge in [-0.2, -0.15) is 5.10 Å². The number of ether oxygens (including phenoxy) is 2. The number of hydrogen-bond donors (Lipinski definition) is 3. The fourth-order valence-corrected chi connectivity index (χ4v) is 1.17. The lowest BCUT2D eigenvalue weighted by Gasteiger charge is -1.97. The van der Waals surface area contributed by atoms with Crippen LogP contribution in [-0.4, -0.2) is 19.0 Å². The third-order valence-corrected chi connectivity index (χ3v) is 1.80. The lowest BCUT2D eigenvalue weighted by molar-refractivity contribution is 0.174. The van der Waals surface area contributed by atoms with Gasteiger partial charge in [0, 0.05) is 0 Å². The highest BCUT2D eigenvalue weighted by Gasteiger charge is 2.12. The molecule has 6 nitrogen and oxygen atoms in total. The summed E-state index contributed by atoms with van der Waals surface area (Å²) in [5.74, 6) is 1.22. The number of nitrogens with one attached hydrogen (secondary N) is 2. The molecule has 0 bridgehead atoms. The van der Waals surface area contributed by atoms with Gasteiger partial charge in [-0.1, -0.05) is 0 Å². The van der Waals surface area contributed by atoms with E-state index in [9.17, 15) is 0 Å². The van der Waals surface area contributed by atoms with E-state index in [4.69, 9.17) is 20.6 Å². The van der Waals surface area contributed by atoms with Crippen LogP contribution < -0.4 is 20.6 Å². The van der Waals surface area contributed by atoms with Crippen LogP contribution in [0.25, 0.3) is 0 Å². The Morgan fingerprint density at radius 1 is 1.47 bits per heavy atom. The SMILES string of the molecule is N=C(N)N/N=C/c1ccc2c(c1)OCO2. The van der Waals surface area contributed by atoms with Crippen molar-refractivity contribution < 1.29 is 9.47 Å². The Balaban J connectivity index is 2.10. The number of guanidine groups is 1. The maximum absolute atomic E-state index is 6.89. The molecule has 1 aromatic rings. The lowest BCUT2D eigenvalue weighted by atomic mass is 10.2. The van der Waals surface area contributed by atoms with Gasteiger partial charge in [-0.3, -0.25) is 5.41 Å². The number of hydrazone groups is 1. The van der Waals surface area contributed by atoms with Crippen LogP contribution >= 0.6 is 0 Å². The molecule has 0 saturated carbocycles. The minimum Gasteiger partial charge on any atom is -0.454 e. The second-order valence-electron chi connectivity index (χ2n) is 2.90. The van der Waals surface area contributed by atoms with Crippen molar-refractivity contribution in [2.24, 2.45) is 10.8 Å². The van der Waals surface area contributed by atoms with Crippen LogP contribution in [0.5, 0.6) is 11.5 Å². The Bertz CT molecular complexity index is 417. The first-order valence-corrected chi connectivity index (χ1v) is 4.28. The van der Waals surface area contributed by atoms with Crippen LogP contribution in [0.1, 0.15) is 5.56 Å². The normalized spacial score (nSPS) is 13.1. The van der Waals surface area contributed by atoms with Crippen molar-refractivity contribution in [1.29, 1.82) is 5.41 Å². The average molecular weight is 206 g/mol. The fourth-order valence-electron chi connectivity index (χ4n) is 1.17. The van der Waals surface area contributed by atoms with Crippen LogP contribution in [0.15, 0.2) is 23.3 Å². The largest absolute Gasteiger partial charge is 0.454 e. The van der Waals surface area contributed by atoms with Crippen molar-refractivity contribution in [3.8, 4) is 11.5 Å². The number of hydrogen-bond acceptors (Lipinski definition) is 4. The summed E-state index contributed by atoms with van der Waals surface area (Å²) in [4.78, 5) is 0. The second-order valence-corrected chi connectivity index (χ2v) is 2.90. The van der Waals surface area contributed by atoms with Crippen molar-refractivity contribution in [2.75, 3.05) is 6.79 Å². The molecule has 1 aromatic carbocycles. The van der Waals surface area contributed by atoms with Crippen LogP contribution in [-0.2, 0) is 0 Å². The van der Waals surface area contributed by atoms with Crippen molar-refractivity contribution in [1.82, 2.24) is 5.43 Å². The second kappa shape index (κ2) is 3.87. The van der Waals surface area contributed by atoms with E-state index in [1.807, 2.05) is 6.07 Å². The van der Waals surface area contributed by atoms with Gasteiger partial charge in [0.05, 0.1) is 6.21 Å². The highest BCUT2D eigenvalue weighted by molar-refractivity contribution is 5.83. The summed E-state index contributed by atoms with van der Waals surface area (Å²) < 4.78 is 10.4. The Labute approximate surface area is 86.2 Å². The number of rotatable bonds is 2. The van der Waals surface area contributed by atoms with E-state index in [0.29, 0.717) is 5.75 Å². The first kappa shape index (κ1) is 9.32. The van der Waals surface area contributed by atoms with Crippen LogP contribution in [0.2, 0.25) is 0 Å². The third-order valence-electron chi connectivity index (χ3n) is 1.80. The highest BCUT2D eigenvalue weighted by Crippen LogP contribution is 2.31. The molecule has 0 unspecified atom stereocenters. The molecular formula is C9H10N4O2. The van der Waals surface area contributed by atoms with Crippen LogP contribution in [0.3, 0.4) is 0 Å². The molecule has 0 saturated heterocycles. The van der Waals surface area contributed by atoms with E-state index in [0.717, 1.165) is 11.3 Å². The van der Waals surface area contributed by atoms with E-state index in [2.05, 4.69) is 10.5 Å². The molecule has 6 heteroatoms. The monoisotopic (exact) mass is 206 g/mol. The Morgan fingerprint density at radius 3 is 3.07 bits per heavy atom. The maximum atomic E-state index is 6.89. The van der Waals surface area contributed by atoms with E-state index < -0.39 is 0 Å². The summed E-state index contributed by atoms with van der Waals surface area (Å²) in [6, 6.07) is 5.43. The van der Waals surface area contributed by atoms with E-state index in [-0.39, 0.29) is 12.8 Å². The van der Waals surface area contributed by atoms with Crippen LogP contribution in [0, 0.1) is 5.41 Å². The molecule has 0 aliphatic carbocycles. The molecule has 0 amide bonds. The molecule has 0 radical (unpaired) electrons. The summed E-state index contributed by atoms with van der Waals surface area (Å²) in [7, 11) is 0. The molecule has 15 heavy (non-hydrogen) atoms. The Morgan fingerprint density at radius 2 is 2.27 bits per heavy atom. The van der Waals surface area contributed by atoms with E-state index in [1.165, 1.54) is 0 Å². The van der Waals surface area contributed by atoms with Crippen molar-refractivity contribution in [3.05, 3.63) is 23.8 Å². The van der Waals surface area contributed by atoms with Gasteiger partial charge in [-0.05, 0) is 23.8 Å². The first-order valence-electron chi connectivity index (χ1n) is 4.28. The van der Waals surface area contributed by atoms with Gasteiger partial charge in [-0.25, -0.2) is 5.43 Å². The smallest absolute Gasteiger partial charge is 0.231 e. The summed E-state index contributed by atoms with van der Waals surface area (Å²) in [6.45, 7) is 0.252. The van der Waals surface area contributed by atoms with E-state index >= 15 is 0 Å². The first-order chi connectivity index (χ1) is 7.25. The van der Waals surface area contributed by atoms with Crippen molar-refractivity contribution in [2.45, 2.75) is 0 Å². The Kier molecular flexibility index (Phi) is 2.40. The lowest BCUT2D eigenvalue weighted by Crippen LogP contribution is -2.25. The van der Waals surface area contributed by atoms with E-state index in [1.54, 1.807) is 18.3 Å². The van der Waals surface area contributed by atoms with Gasteiger partial charge in [-0.15, -0.1) is 0 Å². The topological polar surface area (TPSA) is 92.7 Å². The zero-order valence-corrected chi connectivity index (χ0v) is 7.86. The van der Waals surface area contributed by atoms with Crippen LogP contribution in [0.4, 0.5) is 0 Å². The van der Waals surface area contributed by atoms with Crippen molar-refractivity contribution in [3.63, 3.8) is 0 Å². The number of benzene rings is 1. The predicted molar refractivity (Wildman–Crippen MR) is 55.2 cm³/mol. The van der Waals surface area contributed by atoms with Gasteiger partial charge in [0.25, 0.3) is 0 Å². The summed E-state index contributed by atoms with van der Waals surface area (Å²) >= 11 is 0. The predicted octanol–water partition coefficient (Wildman–Crippen LogP) is 0.232. The van der Waals surface area contributed by atoms with Gasteiger partial charge in [0.1, 0.15) is 0 Å². The van der Waals surface area contributed by atoms with Gasteiger partial charge >= 0.3 is 0 Å². The Hall–Kier alpha value is -2.24. The zero-order valence-electron chi connectivity index (χ0n) is 7.86. The molecule has 4 N–H and O–H groups in total. The maximum Gasteiger partial charge on any atom is 0.231 e. The molecule has 78 valence electrons. The molecule has 0 aromatic heterocycles. The minimum absolute atomic E-state index is 0.202. The summed E-state index contributed by atoms with van der Waals surface area (Å²) in [5.41, 5.74) is 8.22. The molecule has 2 rings (SSSR count). The van der Waals surface area contributed by atoms with Gasteiger partial charge < -0.3 is 15.2 Å². The molecule has 0 atom stereocenters. The quantitative estimate of drug-likeness (QED) is 0.367. The molecule has 0 spiro atoms. The third kappa shape index (κ3) is 2.16. The number of nitrogens with two attached hydrogens (primary N) is 1. The molecule has 1 aliphatic heterocycles. The van der Waals surface area contributed by atoms with Gasteiger partial charge in [0.15, 0.2) is 11.5 Å². The summed E-state index contributed by atoms with van der Waals surface area (Å²) in [6.07, 6.45) is 1.54. The number of fused-ring (bicyclic) bond motifs is 1. The molecular weight excluding hydrogens is 196 g/mol. The summed E-state index contributed by atoms with van der Waals surface area (Å²) in [5, 5.41) is 10.6. The standard InChI is InChI=1S/C9H10N4O2/c10-9(11)13-12-4-6-1-2-7-8(3-6)15-5-14-7/h1-4H,5H2,(H4,10,11,13)/b12-4+. The zero-order chi connectivity index (χ0) is 10.7. The highest BCUT2D eigenvalue weighted by atomic mass is 16.7. The minimum atomic E-state index is -0.202. The van der Waals surface area contributed by atoms with Crippen molar-refractivity contribution >= 4 is 12.2 Å². The fraction of sp³-hybridized carbons (Fsp3) is 0.111. The average Bonchev–Trinajstić information content (AvgIpc) is 2.64. The number of nitrogens with zero attached hydrogens (tertiary/aromatic N) is 1.